The van der Waals surface area contributed by atoms with Crippen LogP contribution >= 0.6 is 15.9 Å². The number of benzene rings is 2. The minimum atomic E-state index is -1.09. The summed E-state index contributed by atoms with van der Waals surface area (Å²) in [5.74, 6) is 0.250. The number of hydrogen-bond acceptors (Lipinski definition) is 4. The molecule has 0 N–H and O–H groups in total. The second-order valence-electron chi connectivity index (χ2n) is 7.95. The molecule has 0 fully saturated rings. The Kier molecular flexibility index (Phi) is 6.74. The molecule has 2 aromatic carbocycles. The average molecular weight is 487 g/mol. The second kappa shape index (κ2) is 9.14. The molecule has 0 aliphatic heterocycles. The predicted octanol–water partition coefficient (Wildman–Crippen LogP) is 4.79. The molecule has 1 heterocycles. The third-order valence-corrected chi connectivity index (χ3v) is 5.48. The Balaban J connectivity index is 1.84. The lowest BCUT2D eigenvalue weighted by Gasteiger charge is -2.26. The standard InChI is InChI=1S/C24H27BrN2O4/c1-6-30-22(28)24(4,5)31-21-16(2)13-18(14-17(21)3)15-26-11-12-27(23(26)29)20-9-7-19(25)8-10-20/h7-14H,6,15H2,1-5H3. The van der Waals surface area contributed by atoms with Gasteiger partial charge in [-0.2, -0.15) is 0 Å². The molecule has 1 aromatic heterocycles. The first-order valence-corrected chi connectivity index (χ1v) is 10.9. The average Bonchev–Trinajstić information content (AvgIpc) is 3.06. The molecule has 0 aliphatic rings. The van der Waals surface area contributed by atoms with Crippen molar-refractivity contribution in [2.24, 2.45) is 0 Å². The maximum absolute atomic E-state index is 12.9. The number of ether oxygens (including phenoxy) is 2. The van der Waals surface area contributed by atoms with Crippen molar-refractivity contribution >= 4 is 21.9 Å². The molecular formula is C24H27BrN2O4. The van der Waals surface area contributed by atoms with Crippen molar-refractivity contribution < 1.29 is 14.3 Å². The molecule has 0 spiro atoms. The Morgan fingerprint density at radius 1 is 1.06 bits per heavy atom. The number of carbonyl (C=O) groups excluding carboxylic acids is 1. The molecule has 0 radical (unpaired) electrons. The lowest BCUT2D eigenvalue weighted by molar-refractivity contribution is -0.158. The number of esters is 1. The van der Waals surface area contributed by atoms with E-state index in [-0.39, 0.29) is 5.69 Å². The summed E-state index contributed by atoms with van der Waals surface area (Å²) in [5.41, 5.74) is 2.38. The molecule has 31 heavy (non-hydrogen) atoms. The maximum Gasteiger partial charge on any atom is 0.349 e. The van der Waals surface area contributed by atoms with E-state index in [1.165, 1.54) is 0 Å². The molecule has 0 bridgehead atoms. The molecule has 0 unspecified atom stereocenters. The van der Waals surface area contributed by atoms with Crippen LogP contribution in [-0.4, -0.2) is 27.3 Å². The summed E-state index contributed by atoms with van der Waals surface area (Å²) in [6.45, 7) is 9.77. The van der Waals surface area contributed by atoms with Gasteiger partial charge in [0.2, 0.25) is 0 Å². The van der Waals surface area contributed by atoms with Gasteiger partial charge in [0.05, 0.1) is 18.8 Å². The van der Waals surface area contributed by atoms with Crippen LogP contribution in [-0.2, 0) is 16.1 Å². The van der Waals surface area contributed by atoms with Gasteiger partial charge in [-0.1, -0.05) is 28.1 Å². The zero-order valence-electron chi connectivity index (χ0n) is 18.4. The van der Waals surface area contributed by atoms with Crippen LogP contribution in [0.2, 0.25) is 0 Å². The van der Waals surface area contributed by atoms with E-state index >= 15 is 0 Å². The van der Waals surface area contributed by atoms with Crippen molar-refractivity contribution in [3.8, 4) is 11.4 Å². The van der Waals surface area contributed by atoms with Crippen LogP contribution in [0.5, 0.6) is 5.75 Å². The monoisotopic (exact) mass is 486 g/mol. The van der Waals surface area contributed by atoms with Crippen LogP contribution in [0.3, 0.4) is 0 Å². The van der Waals surface area contributed by atoms with Gasteiger partial charge in [0.15, 0.2) is 5.60 Å². The molecule has 3 aromatic rings. The number of nitrogens with zero attached hydrogens (tertiary/aromatic N) is 2. The first kappa shape index (κ1) is 22.9. The van der Waals surface area contributed by atoms with E-state index in [4.69, 9.17) is 9.47 Å². The molecule has 0 saturated carbocycles. The van der Waals surface area contributed by atoms with E-state index in [0.29, 0.717) is 18.9 Å². The van der Waals surface area contributed by atoms with Crippen LogP contribution in [0.15, 0.2) is 58.1 Å². The summed E-state index contributed by atoms with van der Waals surface area (Å²) >= 11 is 3.41. The quantitative estimate of drug-likeness (QED) is 0.450. The van der Waals surface area contributed by atoms with Gasteiger partial charge < -0.3 is 9.47 Å². The van der Waals surface area contributed by atoms with Gasteiger partial charge in [0, 0.05) is 16.9 Å². The van der Waals surface area contributed by atoms with Crippen molar-refractivity contribution in [3.05, 3.63) is 80.4 Å². The van der Waals surface area contributed by atoms with Crippen molar-refractivity contribution in [1.82, 2.24) is 9.13 Å². The molecule has 0 aliphatic carbocycles. The number of aromatic nitrogens is 2. The van der Waals surface area contributed by atoms with Crippen LogP contribution in [0.25, 0.3) is 5.69 Å². The number of hydrogen-bond donors (Lipinski definition) is 0. The fraction of sp³-hybridized carbons (Fsp3) is 0.333. The number of carbonyl (C=O) groups is 1. The van der Waals surface area contributed by atoms with E-state index in [9.17, 15) is 9.59 Å². The van der Waals surface area contributed by atoms with Gasteiger partial charge in [-0.15, -0.1) is 0 Å². The molecule has 164 valence electrons. The van der Waals surface area contributed by atoms with Crippen molar-refractivity contribution in [2.45, 2.75) is 46.8 Å². The summed E-state index contributed by atoms with van der Waals surface area (Å²) in [4.78, 5) is 25.0. The second-order valence-corrected chi connectivity index (χ2v) is 8.86. The summed E-state index contributed by atoms with van der Waals surface area (Å²) in [6, 6.07) is 11.5. The highest BCUT2D eigenvalue weighted by atomic mass is 79.9. The molecule has 0 saturated heterocycles. The smallest absolute Gasteiger partial charge is 0.349 e. The first-order valence-electron chi connectivity index (χ1n) is 10.1. The van der Waals surface area contributed by atoms with Crippen LogP contribution in [0.4, 0.5) is 0 Å². The SMILES string of the molecule is CCOC(=O)C(C)(C)Oc1c(C)cc(Cn2ccn(-c3ccc(Br)cc3)c2=O)cc1C. The summed E-state index contributed by atoms with van der Waals surface area (Å²) in [7, 11) is 0. The fourth-order valence-corrected chi connectivity index (χ4v) is 3.69. The van der Waals surface area contributed by atoms with E-state index < -0.39 is 11.6 Å². The lowest BCUT2D eigenvalue weighted by Crippen LogP contribution is -2.40. The Morgan fingerprint density at radius 3 is 2.26 bits per heavy atom. The van der Waals surface area contributed by atoms with Crippen molar-refractivity contribution in [2.75, 3.05) is 6.61 Å². The van der Waals surface area contributed by atoms with Crippen molar-refractivity contribution in [3.63, 3.8) is 0 Å². The summed E-state index contributed by atoms with van der Waals surface area (Å²) < 4.78 is 15.4. The van der Waals surface area contributed by atoms with Crippen molar-refractivity contribution in [1.29, 1.82) is 0 Å². The Labute approximate surface area is 190 Å². The molecule has 0 amide bonds. The van der Waals surface area contributed by atoms with Gasteiger partial charge in [-0.05, 0) is 75.6 Å². The summed E-state index contributed by atoms with van der Waals surface area (Å²) in [5, 5.41) is 0. The highest BCUT2D eigenvalue weighted by molar-refractivity contribution is 9.10. The maximum atomic E-state index is 12.9. The fourth-order valence-electron chi connectivity index (χ4n) is 3.42. The highest BCUT2D eigenvalue weighted by Crippen LogP contribution is 2.29. The molecule has 6 nitrogen and oxygen atoms in total. The van der Waals surface area contributed by atoms with E-state index in [1.54, 1.807) is 42.3 Å². The van der Waals surface area contributed by atoms with Gasteiger partial charge in [0.25, 0.3) is 0 Å². The number of rotatable bonds is 7. The number of halogens is 1. The van der Waals surface area contributed by atoms with Gasteiger partial charge in [-0.25, -0.2) is 9.59 Å². The predicted molar refractivity (Wildman–Crippen MR) is 124 cm³/mol. The third-order valence-electron chi connectivity index (χ3n) is 4.95. The lowest BCUT2D eigenvalue weighted by atomic mass is 10.0. The zero-order valence-corrected chi connectivity index (χ0v) is 20.0. The third kappa shape index (κ3) is 5.10. The van der Waals surface area contributed by atoms with E-state index in [0.717, 1.165) is 26.9 Å². The minimum absolute atomic E-state index is 0.110. The topological polar surface area (TPSA) is 62.5 Å². The molecular weight excluding hydrogens is 460 g/mol. The minimum Gasteiger partial charge on any atom is -0.476 e. The van der Waals surface area contributed by atoms with Gasteiger partial charge >= 0.3 is 11.7 Å². The van der Waals surface area contributed by atoms with Gasteiger partial charge in [-0.3, -0.25) is 9.13 Å². The number of aryl methyl sites for hydroxylation is 2. The van der Waals surface area contributed by atoms with Crippen LogP contribution in [0.1, 0.15) is 37.5 Å². The normalized spacial score (nSPS) is 11.4. The summed E-state index contributed by atoms with van der Waals surface area (Å²) in [6.07, 6.45) is 3.55. The molecule has 0 atom stereocenters. The Hall–Kier alpha value is -2.80. The Morgan fingerprint density at radius 2 is 1.68 bits per heavy atom. The zero-order chi connectivity index (χ0) is 22.8. The van der Waals surface area contributed by atoms with Crippen LogP contribution < -0.4 is 10.4 Å². The largest absolute Gasteiger partial charge is 0.476 e. The van der Waals surface area contributed by atoms with Gasteiger partial charge in [0.1, 0.15) is 5.75 Å². The Bertz CT molecular complexity index is 1120. The van der Waals surface area contributed by atoms with E-state index in [2.05, 4.69) is 15.9 Å². The van der Waals surface area contributed by atoms with Crippen LogP contribution in [0, 0.1) is 13.8 Å². The highest BCUT2D eigenvalue weighted by Gasteiger charge is 2.32. The first-order chi connectivity index (χ1) is 14.6. The van der Waals surface area contributed by atoms with E-state index in [1.807, 2.05) is 50.2 Å². The number of imidazole rings is 1. The molecule has 7 heteroatoms. The molecule has 3 rings (SSSR count).